The van der Waals surface area contributed by atoms with Gasteiger partial charge in [0.05, 0.1) is 0 Å². The van der Waals surface area contributed by atoms with Crippen molar-refractivity contribution in [2.45, 2.75) is 145 Å². The summed E-state index contributed by atoms with van der Waals surface area (Å²) in [5.41, 5.74) is 0. The Morgan fingerprint density at radius 1 is 0.464 bits per heavy atom. The van der Waals surface area contributed by atoms with Gasteiger partial charge >= 0.3 is 0 Å². The van der Waals surface area contributed by atoms with Gasteiger partial charge in [-0.25, -0.2) is 0 Å². The average molecular weight is 399 g/mol. The van der Waals surface area contributed by atoms with Crippen molar-refractivity contribution >= 4 is 0 Å². The maximum absolute atomic E-state index is 2.74. The summed E-state index contributed by atoms with van der Waals surface area (Å²) in [4.78, 5) is 5.20. The van der Waals surface area contributed by atoms with Crippen LogP contribution in [-0.4, -0.2) is 48.1 Å². The number of hydrogen-bond donors (Lipinski definition) is 0. The summed E-state index contributed by atoms with van der Waals surface area (Å²) in [6.45, 7) is 23.3. The molecule has 0 unspecified atom stereocenters. The Labute approximate surface area is 180 Å². The highest BCUT2D eigenvalue weighted by Crippen LogP contribution is 2.08. The van der Waals surface area contributed by atoms with E-state index in [0.717, 1.165) is 6.54 Å². The van der Waals surface area contributed by atoms with Crippen molar-refractivity contribution in [2.24, 2.45) is 0 Å². The lowest BCUT2D eigenvalue weighted by atomic mass is 10.1. The van der Waals surface area contributed by atoms with Gasteiger partial charge in [0.1, 0.15) is 0 Å². The Morgan fingerprint density at radius 3 is 0.964 bits per heavy atom. The fourth-order valence-electron chi connectivity index (χ4n) is 3.95. The highest BCUT2D eigenvalue weighted by molar-refractivity contribution is 4.64. The molecule has 0 heterocycles. The van der Waals surface area contributed by atoms with Crippen LogP contribution >= 0.6 is 0 Å². The smallest absolute Gasteiger partial charge is 0.00411 e. The monoisotopic (exact) mass is 398 g/mol. The van der Waals surface area contributed by atoms with E-state index in [1.165, 1.54) is 96.7 Å². The average Bonchev–Trinajstić information content (AvgIpc) is 2.65. The molecule has 0 atom stereocenters. The molecule has 0 amide bonds. The second kappa shape index (κ2) is 23.2. The first kappa shape index (κ1) is 30.1. The summed E-state index contributed by atoms with van der Waals surface area (Å²) in [7, 11) is 0. The molecule has 0 saturated carbocycles. The summed E-state index contributed by atoms with van der Waals surface area (Å²) in [6.07, 6.45) is 16.8. The zero-order valence-electron chi connectivity index (χ0n) is 21.4. The molecule has 172 valence electrons. The van der Waals surface area contributed by atoms with E-state index in [9.17, 15) is 0 Å². The standard InChI is InChI=1S/C18H39N.C8H19N/c1-4-7-10-13-16-19(17-14-11-8-5-2)18-15-12-9-6-3;1-6-9(7(2)3)8(4)5/h4-18H2,1-3H3;7-8H,6H2,1-5H3. The number of unbranched alkanes of at least 4 members (excludes halogenated alkanes) is 9. The molecule has 0 rings (SSSR count). The number of hydrogen-bond acceptors (Lipinski definition) is 2. The quantitative estimate of drug-likeness (QED) is 0.215. The van der Waals surface area contributed by atoms with Gasteiger partial charge in [-0.2, -0.15) is 0 Å². The molecule has 28 heavy (non-hydrogen) atoms. The number of rotatable bonds is 18. The van der Waals surface area contributed by atoms with Crippen LogP contribution in [-0.2, 0) is 0 Å². The highest BCUT2D eigenvalue weighted by Gasteiger charge is 2.09. The van der Waals surface area contributed by atoms with Crippen LogP contribution in [0.2, 0.25) is 0 Å². The second-order valence-electron chi connectivity index (χ2n) is 9.04. The third-order valence-electron chi connectivity index (χ3n) is 5.68. The molecule has 0 aliphatic carbocycles. The molecule has 2 nitrogen and oxygen atoms in total. The normalized spacial score (nSPS) is 11.6. The molecule has 0 spiro atoms. The Kier molecular flexibility index (Phi) is 25.0. The van der Waals surface area contributed by atoms with Gasteiger partial charge < -0.3 is 4.90 Å². The Balaban J connectivity index is 0. The molecule has 0 aliphatic rings. The van der Waals surface area contributed by atoms with Gasteiger partial charge in [0.25, 0.3) is 0 Å². The van der Waals surface area contributed by atoms with E-state index in [1.54, 1.807) is 0 Å². The van der Waals surface area contributed by atoms with E-state index in [-0.39, 0.29) is 0 Å². The maximum Gasteiger partial charge on any atom is 0.00411 e. The van der Waals surface area contributed by atoms with Crippen molar-refractivity contribution in [1.82, 2.24) is 9.80 Å². The van der Waals surface area contributed by atoms with E-state index < -0.39 is 0 Å². The predicted octanol–water partition coefficient (Wildman–Crippen LogP) is 8.15. The molecular weight excluding hydrogens is 340 g/mol. The van der Waals surface area contributed by atoms with Crippen LogP contribution in [0.4, 0.5) is 0 Å². The molecule has 0 aromatic heterocycles. The molecular formula is C26H58N2. The van der Waals surface area contributed by atoms with Crippen LogP contribution in [0.1, 0.15) is 132 Å². The minimum Gasteiger partial charge on any atom is -0.303 e. The second-order valence-corrected chi connectivity index (χ2v) is 9.04. The Hall–Kier alpha value is -0.0800. The lowest BCUT2D eigenvalue weighted by Crippen LogP contribution is -2.36. The topological polar surface area (TPSA) is 6.48 Å². The van der Waals surface area contributed by atoms with Gasteiger partial charge in [-0.3, -0.25) is 4.90 Å². The SMILES string of the molecule is CCCCCCN(CCCCCC)CCCCCC.CCN(C(C)C)C(C)C. The van der Waals surface area contributed by atoms with Crippen molar-refractivity contribution in [2.75, 3.05) is 26.2 Å². The minimum atomic E-state index is 0.690. The van der Waals surface area contributed by atoms with E-state index >= 15 is 0 Å². The van der Waals surface area contributed by atoms with Crippen LogP contribution in [0.3, 0.4) is 0 Å². The molecule has 2 heteroatoms. The maximum atomic E-state index is 2.74. The molecule has 0 fully saturated rings. The number of nitrogens with zero attached hydrogens (tertiary/aromatic N) is 2. The summed E-state index contributed by atoms with van der Waals surface area (Å²) < 4.78 is 0. The highest BCUT2D eigenvalue weighted by atomic mass is 15.2. The van der Waals surface area contributed by atoms with Crippen LogP contribution < -0.4 is 0 Å². The van der Waals surface area contributed by atoms with E-state index in [2.05, 4.69) is 65.2 Å². The summed E-state index contributed by atoms with van der Waals surface area (Å²) in [6, 6.07) is 1.38. The zero-order chi connectivity index (χ0) is 21.6. The van der Waals surface area contributed by atoms with Crippen LogP contribution in [0.15, 0.2) is 0 Å². The molecule has 0 aromatic carbocycles. The van der Waals surface area contributed by atoms with Crippen molar-refractivity contribution in [3.8, 4) is 0 Å². The lowest BCUT2D eigenvalue weighted by Gasteiger charge is -2.28. The van der Waals surface area contributed by atoms with Crippen molar-refractivity contribution in [1.29, 1.82) is 0 Å². The van der Waals surface area contributed by atoms with Crippen LogP contribution in [0.5, 0.6) is 0 Å². The molecule has 0 N–H and O–H groups in total. The Morgan fingerprint density at radius 2 is 0.786 bits per heavy atom. The van der Waals surface area contributed by atoms with Gasteiger partial charge in [0, 0.05) is 12.1 Å². The van der Waals surface area contributed by atoms with Crippen LogP contribution in [0.25, 0.3) is 0 Å². The van der Waals surface area contributed by atoms with Gasteiger partial charge in [0.2, 0.25) is 0 Å². The molecule has 0 aromatic rings. The summed E-state index contributed by atoms with van der Waals surface area (Å²) >= 11 is 0. The van der Waals surface area contributed by atoms with Crippen molar-refractivity contribution < 1.29 is 0 Å². The zero-order valence-corrected chi connectivity index (χ0v) is 21.4. The predicted molar refractivity (Wildman–Crippen MR) is 132 cm³/mol. The fourth-order valence-corrected chi connectivity index (χ4v) is 3.95. The van der Waals surface area contributed by atoms with Gasteiger partial charge in [0.15, 0.2) is 0 Å². The summed E-state index contributed by atoms with van der Waals surface area (Å²) in [5.74, 6) is 0. The summed E-state index contributed by atoms with van der Waals surface area (Å²) in [5, 5.41) is 0. The first-order chi connectivity index (χ1) is 13.4. The van der Waals surface area contributed by atoms with Crippen molar-refractivity contribution in [3.05, 3.63) is 0 Å². The van der Waals surface area contributed by atoms with Crippen molar-refractivity contribution in [3.63, 3.8) is 0 Å². The van der Waals surface area contributed by atoms with E-state index in [4.69, 9.17) is 0 Å². The molecule has 0 saturated heterocycles. The third-order valence-corrected chi connectivity index (χ3v) is 5.68. The first-order valence-corrected chi connectivity index (χ1v) is 12.9. The van der Waals surface area contributed by atoms with Gasteiger partial charge in [-0.15, -0.1) is 0 Å². The van der Waals surface area contributed by atoms with Gasteiger partial charge in [-0.1, -0.05) is 85.5 Å². The fraction of sp³-hybridized carbons (Fsp3) is 1.00. The molecule has 0 aliphatic heterocycles. The molecule has 0 bridgehead atoms. The lowest BCUT2D eigenvalue weighted by molar-refractivity contribution is 0.185. The van der Waals surface area contributed by atoms with Crippen LogP contribution in [0, 0.1) is 0 Å². The largest absolute Gasteiger partial charge is 0.303 e. The van der Waals surface area contributed by atoms with E-state index in [1.807, 2.05) is 0 Å². The Bertz CT molecular complexity index is 239. The first-order valence-electron chi connectivity index (χ1n) is 12.9. The van der Waals surface area contributed by atoms with E-state index in [0.29, 0.717) is 12.1 Å². The van der Waals surface area contributed by atoms with Gasteiger partial charge in [-0.05, 0) is 73.1 Å². The molecule has 0 radical (unpaired) electrons. The minimum absolute atomic E-state index is 0.690. The third kappa shape index (κ3) is 20.6.